The van der Waals surface area contributed by atoms with E-state index >= 15 is 0 Å². The minimum absolute atomic E-state index is 0.0861. The van der Waals surface area contributed by atoms with Gasteiger partial charge in [0.15, 0.2) is 0 Å². The molecule has 3 aromatic carbocycles. The first-order valence-corrected chi connectivity index (χ1v) is 9.99. The predicted molar refractivity (Wildman–Crippen MR) is 108 cm³/mol. The summed E-state index contributed by atoms with van der Waals surface area (Å²) in [6.45, 7) is 1.88. The van der Waals surface area contributed by atoms with Gasteiger partial charge in [-0.1, -0.05) is 48.0 Å². The average molecular weight is 392 g/mol. The number of hydrogen-bond donors (Lipinski definition) is 0. The van der Waals surface area contributed by atoms with Crippen LogP contribution in [0.15, 0.2) is 83.8 Å². The van der Waals surface area contributed by atoms with Crippen molar-refractivity contribution in [2.75, 3.05) is 0 Å². The van der Waals surface area contributed by atoms with Gasteiger partial charge >= 0.3 is 0 Å². The Balaban J connectivity index is 2.05. The molecule has 0 aliphatic carbocycles. The van der Waals surface area contributed by atoms with Gasteiger partial charge in [0.25, 0.3) is 15.7 Å². The quantitative estimate of drug-likeness (QED) is 0.370. The molecule has 0 bridgehead atoms. The first kappa shape index (κ1) is 17.9. The van der Waals surface area contributed by atoms with E-state index < -0.39 is 14.9 Å². The van der Waals surface area contributed by atoms with Crippen molar-refractivity contribution in [2.24, 2.45) is 0 Å². The second kappa shape index (κ2) is 6.61. The predicted octanol–water partition coefficient (Wildman–Crippen LogP) is 4.76. The highest BCUT2D eigenvalue weighted by Crippen LogP contribution is 2.34. The molecule has 1 aromatic heterocycles. The van der Waals surface area contributed by atoms with Crippen LogP contribution >= 0.6 is 0 Å². The number of non-ortho nitro benzene ring substituents is 1. The highest BCUT2D eigenvalue weighted by atomic mass is 32.2. The minimum atomic E-state index is -3.90. The van der Waals surface area contributed by atoms with Gasteiger partial charge in [0, 0.05) is 17.5 Å². The molecule has 0 aliphatic rings. The minimum Gasteiger partial charge on any atom is -0.258 e. The number of hydrogen-bond acceptors (Lipinski definition) is 4. The van der Waals surface area contributed by atoms with Crippen LogP contribution in [0.25, 0.3) is 22.2 Å². The van der Waals surface area contributed by atoms with Gasteiger partial charge in [-0.2, -0.15) is 0 Å². The lowest BCUT2D eigenvalue weighted by Crippen LogP contribution is -2.14. The summed E-state index contributed by atoms with van der Waals surface area (Å²) in [5, 5.41) is 11.6. The summed E-state index contributed by atoms with van der Waals surface area (Å²) in [5.74, 6) is 0. The van der Waals surface area contributed by atoms with Gasteiger partial charge in [-0.05, 0) is 36.8 Å². The van der Waals surface area contributed by atoms with Crippen molar-refractivity contribution in [1.29, 1.82) is 0 Å². The van der Waals surface area contributed by atoms with Gasteiger partial charge in [0.05, 0.1) is 21.0 Å². The van der Waals surface area contributed by atoms with E-state index in [1.165, 1.54) is 22.2 Å². The molecule has 7 heteroatoms. The van der Waals surface area contributed by atoms with Gasteiger partial charge in [-0.25, -0.2) is 12.4 Å². The van der Waals surface area contributed by atoms with Crippen LogP contribution < -0.4 is 0 Å². The lowest BCUT2D eigenvalue weighted by atomic mass is 10.1. The van der Waals surface area contributed by atoms with Crippen LogP contribution in [0.5, 0.6) is 0 Å². The average Bonchev–Trinajstić information content (AvgIpc) is 3.08. The van der Waals surface area contributed by atoms with Gasteiger partial charge in [0.1, 0.15) is 0 Å². The zero-order chi connectivity index (χ0) is 19.9. The van der Waals surface area contributed by atoms with Crippen LogP contribution in [-0.2, 0) is 10.0 Å². The summed E-state index contributed by atoms with van der Waals surface area (Å²) in [4.78, 5) is 10.8. The van der Waals surface area contributed by atoms with E-state index in [1.54, 1.807) is 30.3 Å². The maximum atomic E-state index is 13.5. The molecule has 0 N–H and O–H groups in total. The molecule has 28 heavy (non-hydrogen) atoms. The molecule has 140 valence electrons. The molecule has 0 saturated heterocycles. The molecule has 1 heterocycles. The van der Waals surface area contributed by atoms with E-state index in [1.807, 2.05) is 37.3 Å². The normalized spacial score (nSPS) is 11.6. The molecule has 0 radical (unpaired) electrons. The van der Waals surface area contributed by atoms with Crippen molar-refractivity contribution >= 4 is 26.6 Å². The number of aryl methyl sites for hydroxylation is 1. The van der Waals surface area contributed by atoms with Crippen LogP contribution in [0.2, 0.25) is 0 Å². The van der Waals surface area contributed by atoms with E-state index in [-0.39, 0.29) is 10.6 Å². The van der Waals surface area contributed by atoms with Crippen molar-refractivity contribution < 1.29 is 13.3 Å². The summed E-state index contributed by atoms with van der Waals surface area (Å²) in [5.41, 5.74) is 2.42. The summed E-state index contributed by atoms with van der Waals surface area (Å²) in [6, 6.07) is 21.6. The number of fused-ring (bicyclic) bond motifs is 1. The van der Waals surface area contributed by atoms with Crippen molar-refractivity contribution in [2.45, 2.75) is 11.8 Å². The Morgan fingerprint density at radius 1 is 0.893 bits per heavy atom. The van der Waals surface area contributed by atoms with Crippen LogP contribution in [0.3, 0.4) is 0 Å². The fourth-order valence-corrected chi connectivity index (χ4v) is 4.71. The molecule has 4 rings (SSSR count). The molecule has 0 amide bonds. The summed E-state index contributed by atoms with van der Waals surface area (Å²) in [6.07, 6.45) is 0. The molecular weight excluding hydrogens is 376 g/mol. The second-order valence-electron chi connectivity index (χ2n) is 6.48. The Kier molecular flexibility index (Phi) is 4.24. The van der Waals surface area contributed by atoms with E-state index in [0.717, 1.165) is 5.56 Å². The Morgan fingerprint density at radius 3 is 2.21 bits per heavy atom. The Bertz CT molecular complexity index is 1290. The summed E-state index contributed by atoms with van der Waals surface area (Å²) < 4.78 is 28.2. The maximum Gasteiger partial charge on any atom is 0.270 e. The van der Waals surface area contributed by atoms with Crippen LogP contribution in [0, 0.1) is 17.0 Å². The number of nitrogens with zero attached hydrogens (tertiary/aromatic N) is 2. The van der Waals surface area contributed by atoms with Gasteiger partial charge < -0.3 is 0 Å². The van der Waals surface area contributed by atoms with E-state index in [0.29, 0.717) is 22.2 Å². The Labute approximate surface area is 161 Å². The lowest BCUT2D eigenvalue weighted by molar-refractivity contribution is -0.384. The molecule has 4 aromatic rings. The fourth-order valence-electron chi connectivity index (χ4n) is 3.18. The number of nitro groups is 1. The molecule has 0 fully saturated rings. The van der Waals surface area contributed by atoms with Crippen LogP contribution in [0.4, 0.5) is 5.69 Å². The molecule has 0 unspecified atom stereocenters. The fraction of sp³-hybridized carbons (Fsp3) is 0.0476. The summed E-state index contributed by atoms with van der Waals surface area (Å²) >= 11 is 0. The van der Waals surface area contributed by atoms with Crippen LogP contribution in [0.1, 0.15) is 5.56 Å². The van der Waals surface area contributed by atoms with E-state index in [2.05, 4.69) is 0 Å². The van der Waals surface area contributed by atoms with E-state index in [9.17, 15) is 18.5 Å². The van der Waals surface area contributed by atoms with Gasteiger partial charge in [-0.15, -0.1) is 0 Å². The molecular formula is C21H16N2O4S. The lowest BCUT2D eigenvalue weighted by Gasteiger charge is -2.12. The molecule has 6 nitrogen and oxygen atoms in total. The monoisotopic (exact) mass is 392 g/mol. The van der Waals surface area contributed by atoms with E-state index in [4.69, 9.17) is 0 Å². The largest absolute Gasteiger partial charge is 0.270 e. The number of aromatic nitrogens is 1. The third kappa shape index (κ3) is 2.95. The highest BCUT2D eigenvalue weighted by molar-refractivity contribution is 7.90. The molecule has 0 aliphatic heterocycles. The summed E-state index contributed by atoms with van der Waals surface area (Å²) in [7, 11) is -3.90. The molecule has 0 atom stereocenters. The third-order valence-corrected chi connectivity index (χ3v) is 6.32. The number of benzene rings is 3. The zero-order valence-electron chi connectivity index (χ0n) is 14.9. The number of nitro benzene ring substituents is 1. The Hall–Kier alpha value is -3.45. The van der Waals surface area contributed by atoms with Crippen molar-refractivity contribution in [3.63, 3.8) is 0 Å². The van der Waals surface area contributed by atoms with Crippen LogP contribution in [-0.4, -0.2) is 17.3 Å². The standard InChI is InChI=1S/C21H16N2O4S/c1-15-7-10-19(11-8-15)28(26,27)22-20-12-9-18(23(24)25)13-17(20)14-21(22)16-5-3-2-4-6-16/h2-14H,1H3. The Morgan fingerprint density at radius 2 is 1.57 bits per heavy atom. The first-order chi connectivity index (χ1) is 13.4. The molecule has 0 spiro atoms. The number of rotatable bonds is 4. The molecule has 0 saturated carbocycles. The maximum absolute atomic E-state index is 13.5. The topological polar surface area (TPSA) is 82.2 Å². The SMILES string of the molecule is Cc1ccc(S(=O)(=O)n2c(-c3ccccc3)cc3cc([N+](=O)[O-])ccc32)cc1. The van der Waals surface area contributed by atoms with Crippen molar-refractivity contribution in [1.82, 2.24) is 3.97 Å². The first-order valence-electron chi connectivity index (χ1n) is 8.55. The third-order valence-electron chi connectivity index (χ3n) is 4.58. The van der Waals surface area contributed by atoms with Gasteiger partial charge in [-0.3, -0.25) is 10.1 Å². The van der Waals surface area contributed by atoms with Crippen molar-refractivity contribution in [3.05, 3.63) is 94.5 Å². The zero-order valence-corrected chi connectivity index (χ0v) is 15.8. The van der Waals surface area contributed by atoms with Crippen molar-refractivity contribution in [3.8, 4) is 11.3 Å². The highest BCUT2D eigenvalue weighted by Gasteiger charge is 2.24. The second-order valence-corrected chi connectivity index (χ2v) is 8.27. The van der Waals surface area contributed by atoms with Gasteiger partial charge in [0.2, 0.25) is 0 Å². The smallest absolute Gasteiger partial charge is 0.258 e.